The van der Waals surface area contributed by atoms with Crippen molar-refractivity contribution in [2.45, 2.75) is 31.3 Å². The third kappa shape index (κ3) is 1.72. The van der Waals surface area contributed by atoms with E-state index in [1.54, 1.807) is 4.90 Å². The summed E-state index contributed by atoms with van der Waals surface area (Å²) in [5.41, 5.74) is 5.71. The van der Waals surface area contributed by atoms with Gasteiger partial charge in [-0.3, -0.25) is 9.59 Å². The molecule has 0 radical (unpaired) electrons. The molecule has 78 valence electrons. The van der Waals surface area contributed by atoms with Gasteiger partial charge in [0, 0.05) is 25.6 Å². The van der Waals surface area contributed by atoms with Gasteiger partial charge in [0.05, 0.1) is 0 Å². The Morgan fingerprint density at radius 1 is 1.50 bits per heavy atom. The molecule has 2 heterocycles. The van der Waals surface area contributed by atoms with Crippen molar-refractivity contribution in [2.24, 2.45) is 5.73 Å². The van der Waals surface area contributed by atoms with E-state index >= 15 is 0 Å². The first-order valence-electron chi connectivity index (χ1n) is 5.00. The molecule has 14 heavy (non-hydrogen) atoms. The highest BCUT2D eigenvalue weighted by molar-refractivity contribution is 5.90. The molecule has 3 N–H and O–H groups in total. The van der Waals surface area contributed by atoms with Crippen LogP contribution in [-0.2, 0) is 9.59 Å². The highest BCUT2D eigenvalue weighted by Crippen LogP contribution is 2.14. The zero-order valence-electron chi connectivity index (χ0n) is 8.03. The number of rotatable bonds is 1. The predicted octanol–water partition coefficient (Wildman–Crippen LogP) is -1.18. The minimum atomic E-state index is -0.298. The van der Waals surface area contributed by atoms with Crippen LogP contribution in [0.5, 0.6) is 0 Å². The summed E-state index contributed by atoms with van der Waals surface area (Å²) in [6.07, 6.45) is 1.96. The van der Waals surface area contributed by atoms with Crippen molar-refractivity contribution < 1.29 is 9.59 Å². The zero-order valence-corrected chi connectivity index (χ0v) is 8.03. The molecule has 2 rings (SSSR count). The Labute approximate surface area is 82.6 Å². The van der Waals surface area contributed by atoms with Gasteiger partial charge in [0.2, 0.25) is 11.8 Å². The smallest absolute Gasteiger partial charge is 0.245 e. The summed E-state index contributed by atoms with van der Waals surface area (Å²) in [6, 6.07) is -0.191. The largest absolute Gasteiger partial charge is 0.344 e. The fraction of sp³-hybridized carbons (Fsp3) is 0.778. The molecule has 0 bridgehead atoms. The van der Waals surface area contributed by atoms with E-state index in [4.69, 9.17) is 5.73 Å². The normalized spacial score (nSPS) is 32.1. The Balaban J connectivity index is 1.92. The lowest BCUT2D eigenvalue weighted by Crippen LogP contribution is -2.44. The minimum absolute atomic E-state index is 0.0214. The second-order valence-electron chi connectivity index (χ2n) is 3.99. The number of hydrogen-bond acceptors (Lipinski definition) is 3. The van der Waals surface area contributed by atoms with Crippen LogP contribution in [0.2, 0.25) is 0 Å². The lowest BCUT2D eigenvalue weighted by atomic mass is 10.2. The molecule has 5 nitrogen and oxygen atoms in total. The fourth-order valence-electron chi connectivity index (χ4n) is 2.01. The molecule has 2 amide bonds. The summed E-state index contributed by atoms with van der Waals surface area (Å²) >= 11 is 0. The molecule has 2 atom stereocenters. The van der Waals surface area contributed by atoms with E-state index < -0.39 is 0 Å². The molecule has 2 saturated heterocycles. The van der Waals surface area contributed by atoms with E-state index in [0.717, 1.165) is 13.0 Å². The van der Waals surface area contributed by atoms with E-state index in [-0.39, 0.29) is 23.9 Å². The number of nitrogens with two attached hydrogens (primary N) is 1. The number of nitrogens with one attached hydrogen (secondary N) is 1. The average molecular weight is 197 g/mol. The number of amides is 2. The Morgan fingerprint density at radius 3 is 2.79 bits per heavy atom. The predicted molar refractivity (Wildman–Crippen MR) is 50.3 cm³/mol. The molecular weight excluding hydrogens is 182 g/mol. The Bertz CT molecular complexity index is 267. The van der Waals surface area contributed by atoms with Gasteiger partial charge < -0.3 is 16.0 Å². The van der Waals surface area contributed by atoms with Crippen molar-refractivity contribution in [3.63, 3.8) is 0 Å². The van der Waals surface area contributed by atoms with Gasteiger partial charge in [0.15, 0.2) is 0 Å². The van der Waals surface area contributed by atoms with E-state index in [1.807, 2.05) is 0 Å². The van der Waals surface area contributed by atoms with E-state index in [9.17, 15) is 9.59 Å². The van der Waals surface area contributed by atoms with Crippen molar-refractivity contribution in [3.8, 4) is 0 Å². The van der Waals surface area contributed by atoms with Crippen LogP contribution in [0.3, 0.4) is 0 Å². The number of carbonyl (C=O) groups is 2. The minimum Gasteiger partial charge on any atom is -0.344 e. The van der Waals surface area contributed by atoms with Gasteiger partial charge in [0.1, 0.15) is 6.04 Å². The number of hydrogen-bond donors (Lipinski definition) is 2. The molecule has 0 aromatic carbocycles. The lowest BCUT2D eigenvalue weighted by molar-refractivity contribution is -0.133. The van der Waals surface area contributed by atoms with E-state index in [2.05, 4.69) is 5.32 Å². The molecule has 2 fully saturated rings. The van der Waals surface area contributed by atoms with Gasteiger partial charge in [0.25, 0.3) is 0 Å². The van der Waals surface area contributed by atoms with Crippen molar-refractivity contribution in [3.05, 3.63) is 0 Å². The zero-order chi connectivity index (χ0) is 10.1. The standard InChI is InChI=1S/C9H15N3O2/c10-6-3-4-12(5-6)9(14)7-1-2-8(13)11-7/h6-7H,1-5,10H2,(H,11,13)/t6-,7?/m1/s1. The first-order valence-corrected chi connectivity index (χ1v) is 5.00. The topological polar surface area (TPSA) is 75.4 Å². The van der Waals surface area contributed by atoms with Crippen LogP contribution in [0.1, 0.15) is 19.3 Å². The molecule has 1 unspecified atom stereocenters. The molecule has 0 aromatic heterocycles. The molecule has 0 spiro atoms. The maximum absolute atomic E-state index is 11.8. The number of carbonyl (C=O) groups excluding carboxylic acids is 2. The van der Waals surface area contributed by atoms with E-state index in [1.165, 1.54) is 0 Å². The molecular formula is C9H15N3O2. The Morgan fingerprint density at radius 2 is 2.29 bits per heavy atom. The highest BCUT2D eigenvalue weighted by atomic mass is 16.2. The Kier molecular flexibility index (Phi) is 2.41. The molecule has 0 saturated carbocycles. The van der Waals surface area contributed by atoms with Crippen LogP contribution in [0, 0.1) is 0 Å². The quantitative estimate of drug-likeness (QED) is 0.556. The molecule has 0 aliphatic carbocycles. The van der Waals surface area contributed by atoms with Crippen LogP contribution in [-0.4, -0.2) is 41.9 Å². The fourth-order valence-corrected chi connectivity index (χ4v) is 2.01. The second-order valence-corrected chi connectivity index (χ2v) is 3.99. The number of nitrogens with zero attached hydrogens (tertiary/aromatic N) is 1. The van der Waals surface area contributed by atoms with Gasteiger partial charge in [-0.2, -0.15) is 0 Å². The van der Waals surface area contributed by atoms with Crippen molar-refractivity contribution in [1.29, 1.82) is 0 Å². The van der Waals surface area contributed by atoms with E-state index in [0.29, 0.717) is 19.4 Å². The molecule has 0 aromatic rings. The first-order chi connectivity index (χ1) is 6.66. The van der Waals surface area contributed by atoms with Crippen LogP contribution < -0.4 is 11.1 Å². The van der Waals surface area contributed by atoms with Gasteiger partial charge in [-0.05, 0) is 12.8 Å². The number of likely N-dealkylation sites (tertiary alicyclic amines) is 1. The summed E-state index contributed by atoms with van der Waals surface area (Å²) in [5, 5.41) is 2.67. The third-order valence-corrected chi connectivity index (χ3v) is 2.83. The summed E-state index contributed by atoms with van der Waals surface area (Å²) in [7, 11) is 0. The lowest BCUT2D eigenvalue weighted by Gasteiger charge is -2.19. The SMILES string of the molecule is N[C@@H]1CCN(C(=O)C2CCC(=O)N2)C1. The van der Waals surface area contributed by atoms with Gasteiger partial charge >= 0.3 is 0 Å². The summed E-state index contributed by atoms with van der Waals surface area (Å²) in [6.45, 7) is 1.36. The third-order valence-electron chi connectivity index (χ3n) is 2.83. The van der Waals surface area contributed by atoms with Crippen LogP contribution >= 0.6 is 0 Å². The average Bonchev–Trinajstić information content (AvgIpc) is 2.73. The summed E-state index contributed by atoms with van der Waals surface area (Å²) in [5.74, 6) is 0.00986. The maximum atomic E-state index is 11.8. The monoisotopic (exact) mass is 197 g/mol. The van der Waals surface area contributed by atoms with Gasteiger partial charge in [-0.25, -0.2) is 0 Å². The van der Waals surface area contributed by atoms with Crippen molar-refractivity contribution in [2.75, 3.05) is 13.1 Å². The van der Waals surface area contributed by atoms with Crippen LogP contribution in [0.4, 0.5) is 0 Å². The van der Waals surface area contributed by atoms with Crippen LogP contribution in [0.15, 0.2) is 0 Å². The maximum Gasteiger partial charge on any atom is 0.245 e. The molecule has 2 aliphatic rings. The van der Waals surface area contributed by atoms with Gasteiger partial charge in [-0.1, -0.05) is 0 Å². The summed E-state index contributed by atoms with van der Waals surface area (Å²) < 4.78 is 0. The van der Waals surface area contributed by atoms with Crippen molar-refractivity contribution >= 4 is 11.8 Å². The highest BCUT2D eigenvalue weighted by Gasteiger charge is 2.33. The Hall–Kier alpha value is -1.10. The van der Waals surface area contributed by atoms with Crippen molar-refractivity contribution in [1.82, 2.24) is 10.2 Å². The van der Waals surface area contributed by atoms with Gasteiger partial charge in [-0.15, -0.1) is 0 Å². The second kappa shape index (κ2) is 3.57. The first kappa shape index (κ1) is 9.45. The molecule has 5 heteroatoms. The van der Waals surface area contributed by atoms with Crippen LogP contribution in [0.25, 0.3) is 0 Å². The molecule has 2 aliphatic heterocycles. The summed E-state index contributed by atoms with van der Waals surface area (Å²) in [4.78, 5) is 24.5.